The Bertz CT molecular complexity index is 391. The lowest BCUT2D eigenvalue weighted by Crippen LogP contribution is -2.18. The average Bonchev–Trinajstić information content (AvgIpc) is 2.51. The number of hydrogen-bond donors (Lipinski definition) is 2. The van der Waals surface area contributed by atoms with Gasteiger partial charge in [0.25, 0.3) is 0 Å². The molecular formula is C8H13BrN4O3. The number of hydrogen-bond acceptors (Lipinski definition) is 5. The molecule has 0 spiro atoms. The first-order valence-electron chi connectivity index (χ1n) is 4.80. The van der Waals surface area contributed by atoms with Crippen LogP contribution in [0.2, 0.25) is 0 Å². The molecule has 0 bridgehead atoms. The van der Waals surface area contributed by atoms with E-state index < -0.39 is 11.0 Å². The van der Waals surface area contributed by atoms with E-state index in [4.69, 9.17) is 5.11 Å². The molecule has 0 aromatic carbocycles. The lowest BCUT2D eigenvalue weighted by Gasteiger charge is -2.08. The molecule has 0 fully saturated rings. The van der Waals surface area contributed by atoms with Gasteiger partial charge < -0.3 is 10.4 Å². The predicted octanol–water partition coefficient (Wildman–Crippen LogP) is 1.37. The van der Waals surface area contributed by atoms with E-state index in [1.807, 2.05) is 6.92 Å². The van der Waals surface area contributed by atoms with E-state index in [0.29, 0.717) is 12.4 Å². The van der Waals surface area contributed by atoms with Crippen LogP contribution in [0.15, 0.2) is 4.60 Å². The normalized spacial score (nSPS) is 12.5. The van der Waals surface area contributed by atoms with Gasteiger partial charge in [-0.2, -0.15) is 5.10 Å². The highest BCUT2D eigenvalue weighted by molar-refractivity contribution is 9.10. The van der Waals surface area contributed by atoms with Crippen molar-refractivity contribution in [1.29, 1.82) is 0 Å². The minimum atomic E-state index is -0.585. The third kappa shape index (κ3) is 2.70. The second-order valence-electron chi connectivity index (χ2n) is 3.29. The minimum absolute atomic E-state index is 0.109. The summed E-state index contributed by atoms with van der Waals surface area (Å²) in [5.74, 6) is 0.306. The zero-order valence-corrected chi connectivity index (χ0v) is 10.6. The summed E-state index contributed by atoms with van der Waals surface area (Å²) in [6.45, 7) is 4.17. The maximum absolute atomic E-state index is 10.8. The third-order valence-electron chi connectivity index (χ3n) is 1.93. The number of aliphatic hydroxyl groups is 1. The smallest absolute Gasteiger partial charge is 0.345 e. The Morgan fingerprint density at radius 2 is 2.38 bits per heavy atom. The Balaban J connectivity index is 3.06. The van der Waals surface area contributed by atoms with E-state index in [-0.39, 0.29) is 16.8 Å². The molecule has 0 saturated heterocycles. The molecule has 0 amide bonds. The van der Waals surface area contributed by atoms with Gasteiger partial charge in [0.1, 0.15) is 0 Å². The molecule has 7 nitrogen and oxygen atoms in total. The van der Waals surface area contributed by atoms with Crippen molar-refractivity contribution < 1.29 is 10.0 Å². The Labute approximate surface area is 101 Å². The number of aliphatic hydroxyl groups excluding tert-OH is 1. The van der Waals surface area contributed by atoms with Gasteiger partial charge in [-0.15, -0.1) is 0 Å². The van der Waals surface area contributed by atoms with E-state index in [0.717, 1.165) is 0 Å². The maximum Gasteiger partial charge on any atom is 0.345 e. The first-order valence-corrected chi connectivity index (χ1v) is 5.59. The van der Waals surface area contributed by atoms with E-state index >= 15 is 0 Å². The van der Waals surface area contributed by atoms with Crippen molar-refractivity contribution in [3.63, 3.8) is 0 Å². The van der Waals surface area contributed by atoms with Crippen LogP contribution in [0.3, 0.4) is 0 Å². The molecule has 0 aliphatic heterocycles. The van der Waals surface area contributed by atoms with Crippen molar-refractivity contribution >= 4 is 27.4 Å². The number of rotatable bonds is 5. The molecule has 0 aliphatic carbocycles. The Hall–Kier alpha value is -1.15. The lowest BCUT2D eigenvalue weighted by molar-refractivity contribution is -0.384. The van der Waals surface area contributed by atoms with Crippen molar-refractivity contribution in [1.82, 2.24) is 9.78 Å². The largest absolute Gasteiger partial charge is 0.392 e. The predicted molar refractivity (Wildman–Crippen MR) is 62.4 cm³/mol. The molecule has 1 atom stereocenters. The molecule has 1 unspecified atom stereocenters. The van der Waals surface area contributed by atoms with Crippen LogP contribution < -0.4 is 5.32 Å². The summed E-state index contributed by atoms with van der Waals surface area (Å²) < 4.78 is 1.66. The summed E-state index contributed by atoms with van der Waals surface area (Å²) in [7, 11) is 0. The van der Waals surface area contributed by atoms with Gasteiger partial charge in [-0.1, -0.05) is 0 Å². The maximum atomic E-state index is 10.8. The Kier molecular flexibility index (Phi) is 4.25. The summed E-state index contributed by atoms with van der Waals surface area (Å²) in [4.78, 5) is 10.3. The molecule has 16 heavy (non-hydrogen) atoms. The van der Waals surface area contributed by atoms with E-state index in [2.05, 4.69) is 26.3 Å². The van der Waals surface area contributed by atoms with Crippen LogP contribution >= 0.6 is 15.9 Å². The molecule has 1 heterocycles. The number of nitrogens with one attached hydrogen (secondary N) is 1. The van der Waals surface area contributed by atoms with Crippen LogP contribution in [0.5, 0.6) is 0 Å². The zero-order chi connectivity index (χ0) is 12.3. The van der Waals surface area contributed by atoms with Crippen LogP contribution in [0.4, 0.5) is 11.5 Å². The monoisotopic (exact) mass is 292 g/mol. The number of aromatic nitrogens is 2. The van der Waals surface area contributed by atoms with Crippen LogP contribution in [-0.2, 0) is 6.54 Å². The van der Waals surface area contributed by atoms with Gasteiger partial charge >= 0.3 is 5.69 Å². The van der Waals surface area contributed by atoms with Crippen LogP contribution in [0.1, 0.15) is 13.8 Å². The Morgan fingerprint density at radius 3 is 2.81 bits per heavy atom. The second-order valence-corrected chi connectivity index (χ2v) is 4.04. The summed E-state index contributed by atoms with van der Waals surface area (Å²) in [5.41, 5.74) is -0.109. The number of nitrogens with zero attached hydrogens (tertiary/aromatic N) is 3. The van der Waals surface area contributed by atoms with Gasteiger partial charge in [-0.05, 0) is 29.8 Å². The number of halogens is 1. The molecule has 2 N–H and O–H groups in total. The fourth-order valence-electron chi connectivity index (χ4n) is 1.23. The average molecular weight is 293 g/mol. The summed E-state index contributed by atoms with van der Waals surface area (Å²) in [6, 6.07) is 0. The van der Waals surface area contributed by atoms with E-state index in [1.165, 1.54) is 4.68 Å². The highest BCUT2D eigenvalue weighted by atomic mass is 79.9. The van der Waals surface area contributed by atoms with Crippen molar-refractivity contribution in [2.24, 2.45) is 0 Å². The molecular weight excluding hydrogens is 280 g/mol. The molecule has 1 aromatic heterocycles. The van der Waals surface area contributed by atoms with Crippen LogP contribution in [0, 0.1) is 10.1 Å². The van der Waals surface area contributed by atoms with Crippen LogP contribution in [0.25, 0.3) is 0 Å². The standard InChI is InChI=1S/C8H13BrN4O3/c1-3-12-8(10-4-5(2)14)6(13(15)16)7(9)11-12/h5,10,14H,3-4H2,1-2H3. The lowest BCUT2D eigenvalue weighted by atomic mass is 10.4. The molecule has 1 aromatic rings. The van der Waals surface area contributed by atoms with Gasteiger partial charge in [-0.3, -0.25) is 10.1 Å². The summed E-state index contributed by atoms with van der Waals surface area (Å²) >= 11 is 3.04. The van der Waals surface area contributed by atoms with Gasteiger partial charge in [0.05, 0.1) is 11.0 Å². The second kappa shape index (κ2) is 5.26. The fraction of sp³-hybridized carbons (Fsp3) is 0.625. The molecule has 90 valence electrons. The molecule has 0 aliphatic rings. The van der Waals surface area contributed by atoms with Crippen LogP contribution in [-0.4, -0.2) is 32.5 Å². The van der Waals surface area contributed by atoms with Crippen molar-refractivity contribution in [2.75, 3.05) is 11.9 Å². The number of nitro groups is 1. The fourth-order valence-corrected chi connectivity index (χ4v) is 1.76. The zero-order valence-electron chi connectivity index (χ0n) is 8.97. The van der Waals surface area contributed by atoms with Gasteiger partial charge in [0, 0.05) is 13.1 Å². The first kappa shape index (κ1) is 12.9. The summed E-state index contributed by atoms with van der Waals surface area (Å²) in [5, 5.41) is 26.8. The third-order valence-corrected chi connectivity index (χ3v) is 2.47. The molecule has 8 heteroatoms. The highest BCUT2D eigenvalue weighted by Gasteiger charge is 2.25. The van der Waals surface area contributed by atoms with Gasteiger partial charge in [-0.25, -0.2) is 4.68 Å². The SMILES string of the molecule is CCn1nc(Br)c([N+](=O)[O-])c1NCC(C)O. The number of anilines is 1. The number of aryl methyl sites for hydroxylation is 1. The van der Waals surface area contributed by atoms with Crippen molar-refractivity contribution in [2.45, 2.75) is 26.5 Å². The van der Waals surface area contributed by atoms with Gasteiger partial charge in [0.2, 0.25) is 10.4 Å². The first-order chi connectivity index (χ1) is 7.47. The molecule has 0 radical (unpaired) electrons. The van der Waals surface area contributed by atoms with Crippen molar-refractivity contribution in [3.8, 4) is 0 Å². The van der Waals surface area contributed by atoms with Gasteiger partial charge in [0.15, 0.2) is 0 Å². The quantitative estimate of drug-likeness (QED) is 0.631. The summed E-state index contributed by atoms with van der Waals surface area (Å²) in [6.07, 6.45) is -0.585. The topological polar surface area (TPSA) is 93.2 Å². The van der Waals surface area contributed by atoms with E-state index in [9.17, 15) is 10.1 Å². The van der Waals surface area contributed by atoms with Crippen molar-refractivity contribution in [3.05, 3.63) is 14.7 Å². The molecule has 0 saturated carbocycles. The minimum Gasteiger partial charge on any atom is -0.392 e. The molecule has 1 rings (SSSR count). The Morgan fingerprint density at radius 1 is 1.75 bits per heavy atom. The van der Waals surface area contributed by atoms with E-state index in [1.54, 1.807) is 6.92 Å². The highest BCUT2D eigenvalue weighted by Crippen LogP contribution is 2.32.